The van der Waals surface area contributed by atoms with E-state index in [-0.39, 0.29) is 12.2 Å². The molecule has 3 rings (SSSR count). The lowest BCUT2D eigenvalue weighted by Crippen LogP contribution is -2.02. The average molecular weight is 453 g/mol. The highest BCUT2D eigenvalue weighted by molar-refractivity contribution is 5.72. The molecule has 3 aromatic rings. The second-order valence-corrected chi connectivity index (χ2v) is 7.71. The number of aryl methyl sites for hydroxylation is 1. The normalized spacial score (nSPS) is 10.6. The molecule has 0 fully saturated rings. The van der Waals surface area contributed by atoms with Crippen LogP contribution in [0.5, 0.6) is 17.2 Å². The maximum absolute atomic E-state index is 14.6. The SMILES string of the molecule is CCCCOc1cc(COc2cccc(CCC(=O)O)c2)ccc1-c1cc(OC)ccc1F. The Morgan fingerprint density at radius 1 is 0.939 bits per heavy atom. The first-order valence-corrected chi connectivity index (χ1v) is 11.0. The van der Waals surface area contributed by atoms with Crippen molar-refractivity contribution in [2.75, 3.05) is 13.7 Å². The number of halogens is 1. The Kier molecular flexibility index (Phi) is 8.70. The Hall–Kier alpha value is -3.54. The van der Waals surface area contributed by atoms with Crippen molar-refractivity contribution < 1.29 is 28.5 Å². The van der Waals surface area contributed by atoms with E-state index < -0.39 is 5.97 Å². The van der Waals surface area contributed by atoms with Crippen LogP contribution in [-0.2, 0) is 17.8 Å². The smallest absolute Gasteiger partial charge is 0.303 e. The first kappa shape index (κ1) is 24.1. The standard InChI is InChI=1S/C27H29FO5/c1-3-4-14-32-26-16-20(8-11-23(26)24-17-21(31-2)10-12-25(24)28)18-33-22-7-5-6-19(15-22)9-13-27(29)30/h5-8,10-12,15-17H,3-4,9,13-14,18H2,1-2H3,(H,29,30). The molecule has 3 aromatic carbocycles. The van der Waals surface area contributed by atoms with Gasteiger partial charge in [-0.3, -0.25) is 4.79 Å². The van der Waals surface area contributed by atoms with E-state index in [0.29, 0.717) is 48.0 Å². The van der Waals surface area contributed by atoms with Crippen LogP contribution in [0.25, 0.3) is 11.1 Å². The molecule has 0 atom stereocenters. The van der Waals surface area contributed by atoms with Gasteiger partial charge in [-0.2, -0.15) is 0 Å². The van der Waals surface area contributed by atoms with Crippen molar-refractivity contribution in [3.63, 3.8) is 0 Å². The van der Waals surface area contributed by atoms with Gasteiger partial charge >= 0.3 is 5.97 Å². The zero-order valence-corrected chi connectivity index (χ0v) is 19.0. The Morgan fingerprint density at radius 2 is 1.79 bits per heavy atom. The fraction of sp³-hybridized carbons (Fsp3) is 0.296. The number of ether oxygens (including phenoxy) is 3. The van der Waals surface area contributed by atoms with Crippen LogP contribution in [0.1, 0.15) is 37.3 Å². The second-order valence-electron chi connectivity index (χ2n) is 7.71. The molecule has 5 nitrogen and oxygen atoms in total. The summed E-state index contributed by atoms with van der Waals surface area (Å²) in [6.07, 6.45) is 2.40. The minimum absolute atomic E-state index is 0.0736. The summed E-state index contributed by atoms with van der Waals surface area (Å²) in [5.41, 5.74) is 2.85. The maximum atomic E-state index is 14.6. The number of rotatable bonds is 12. The second kappa shape index (κ2) is 11.9. The van der Waals surface area contributed by atoms with Gasteiger partial charge in [-0.1, -0.05) is 37.6 Å². The van der Waals surface area contributed by atoms with Crippen LogP contribution < -0.4 is 14.2 Å². The van der Waals surface area contributed by atoms with Crippen molar-refractivity contribution in [3.05, 3.63) is 77.6 Å². The van der Waals surface area contributed by atoms with Gasteiger partial charge in [0, 0.05) is 17.5 Å². The number of hydrogen-bond acceptors (Lipinski definition) is 4. The van der Waals surface area contributed by atoms with Gasteiger partial charge in [-0.05, 0) is 60.4 Å². The molecule has 0 radical (unpaired) electrons. The van der Waals surface area contributed by atoms with Gasteiger partial charge < -0.3 is 19.3 Å². The molecule has 1 N–H and O–H groups in total. The fourth-order valence-corrected chi connectivity index (χ4v) is 3.37. The zero-order valence-electron chi connectivity index (χ0n) is 19.0. The maximum Gasteiger partial charge on any atom is 0.303 e. The third-order valence-electron chi connectivity index (χ3n) is 5.20. The van der Waals surface area contributed by atoms with Crippen molar-refractivity contribution >= 4 is 5.97 Å². The summed E-state index contributed by atoms with van der Waals surface area (Å²) in [5, 5.41) is 8.88. The van der Waals surface area contributed by atoms with Crippen molar-refractivity contribution in [2.45, 2.75) is 39.2 Å². The lowest BCUT2D eigenvalue weighted by Gasteiger charge is -2.15. The molecule has 0 aliphatic heterocycles. The molecule has 0 unspecified atom stereocenters. The summed E-state index contributed by atoms with van der Waals surface area (Å²) in [6.45, 7) is 2.92. The lowest BCUT2D eigenvalue weighted by atomic mass is 10.0. The van der Waals surface area contributed by atoms with Crippen LogP contribution in [0.15, 0.2) is 60.7 Å². The number of unbranched alkanes of at least 4 members (excludes halogenated alkanes) is 1. The van der Waals surface area contributed by atoms with E-state index >= 15 is 0 Å². The predicted octanol–water partition coefficient (Wildman–Crippen LogP) is 6.28. The van der Waals surface area contributed by atoms with E-state index in [1.54, 1.807) is 19.2 Å². The molecule has 0 aliphatic carbocycles. The van der Waals surface area contributed by atoms with E-state index in [1.807, 2.05) is 42.5 Å². The molecule has 0 saturated carbocycles. The molecule has 33 heavy (non-hydrogen) atoms. The number of benzene rings is 3. The largest absolute Gasteiger partial charge is 0.497 e. The van der Waals surface area contributed by atoms with Gasteiger partial charge in [0.25, 0.3) is 0 Å². The van der Waals surface area contributed by atoms with Crippen LogP contribution in [-0.4, -0.2) is 24.8 Å². The van der Waals surface area contributed by atoms with Crippen molar-refractivity contribution in [1.82, 2.24) is 0 Å². The average Bonchev–Trinajstić information content (AvgIpc) is 2.82. The monoisotopic (exact) mass is 452 g/mol. The number of carbonyl (C=O) groups is 1. The van der Waals surface area contributed by atoms with E-state index in [1.165, 1.54) is 6.07 Å². The number of carboxylic acids is 1. The van der Waals surface area contributed by atoms with Crippen molar-refractivity contribution in [3.8, 4) is 28.4 Å². The number of methoxy groups -OCH3 is 1. The van der Waals surface area contributed by atoms with Crippen LogP contribution in [0, 0.1) is 5.82 Å². The molecule has 0 spiro atoms. The highest BCUT2D eigenvalue weighted by atomic mass is 19.1. The first-order valence-electron chi connectivity index (χ1n) is 11.0. The molecule has 0 bridgehead atoms. The highest BCUT2D eigenvalue weighted by Gasteiger charge is 2.14. The zero-order chi connectivity index (χ0) is 23.6. The summed E-state index contributed by atoms with van der Waals surface area (Å²) >= 11 is 0. The molecule has 0 amide bonds. The molecular formula is C27H29FO5. The van der Waals surface area contributed by atoms with Crippen LogP contribution in [0.3, 0.4) is 0 Å². The lowest BCUT2D eigenvalue weighted by molar-refractivity contribution is -0.136. The van der Waals surface area contributed by atoms with Gasteiger partial charge in [0.05, 0.1) is 13.7 Å². The van der Waals surface area contributed by atoms with E-state index in [0.717, 1.165) is 24.0 Å². The summed E-state index contributed by atoms with van der Waals surface area (Å²) in [4.78, 5) is 10.8. The van der Waals surface area contributed by atoms with E-state index in [2.05, 4.69) is 6.92 Å². The van der Waals surface area contributed by atoms with Crippen LogP contribution in [0.2, 0.25) is 0 Å². The minimum Gasteiger partial charge on any atom is -0.497 e. The van der Waals surface area contributed by atoms with Gasteiger partial charge in [-0.15, -0.1) is 0 Å². The molecule has 0 aliphatic rings. The van der Waals surface area contributed by atoms with Gasteiger partial charge in [-0.25, -0.2) is 4.39 Å². The molecular weight excluding hydrogens is 423 g/mol. The highest BCUT2D eigenvalue weighted by Crippen LogP contribution is 2.35. The molecule has 0 aromatic heterocycles. The molecule has 174 valence electrons. The summed E-state index contributed by atoms with van der Waals surface area (Å²) in [7, 11) is 1.55. The number of hydrogen-bond donors (Lipinski definition) is 1. The third kappa shape index (κ3) is 6.97. The Morgan fingerprint density at radius 3 is 2.55 bits per heavy atom. The summed E-state index contributed by atoms with van der Waals surface area (Å²) < 4.78 is 31.8. The number of aliphatic carboxylic acids is 1. The fourth-order valence-electron chi connectivity index (χ4n) is 3.37. The Labute approximate surface area is 193 Å². The topological polar surface area (TPSA) is 65.0 Å². The van der Waals surface area contributed by atoms with Crippen molar-refractivity contribution in [2.24, 2.45) is 0 Å². The first-order chi connectivity index (χ1) is 16.0. The quantitative estimate of drug-likeness (QED) is 0.328. The predicted molar refractivity (Wildman–Crippen MR) is 126 cm³/mol. The molecule has 6 heteroatoms. The number of carboxylic acid groups (broad SMARTS) is 1. The van der Waals surface area contributed by atoms with Crippen LogP contribution >= 0.6 is 0 Å². The third-order valence-corrected chi connectivity index (χ3v) is 5.20. The van der Waals surface area contributed by atoms with E-state index in [4.69, 9.17) is 19.3 Å². The van der Waals surface area contributed by atoms with Gasteiger partial charge in [0.1, 0.15) is 29.7 Å². The van der Waals surface area contributed by atoms with E-state index in [9.17, 15) is 9.18 Å². The molecule has 0 saturated heterocycles. The van der Waals surface area contributed by atoms with Crippen molar-refractivity contribution in [1.29, 1.82) is 0 Å². The van der Waals surface area contributed by atoms with Gasteiger partial charge in [0.15, 0.2) is 0 Å². The molecule has 0 heterocycles. The minimum atomic E-state index is -0.829. The van der Waals surface area contributed by atoms with Gasteiger partial charge in [0.2, 0.25) is 0 Å². The summed E-state index contributed by atoms with van der Waals surface area (Å²) in [6, 6.07) is 17.6. The Bertz CT molecular complexity index is 1080. The Balaban J connectivity index is 1.80. The van der Waals surface area contributed by atoms with Crippen LogP contribution in [0.4, 0.5) is 4.39 Å². The summed E-state index contributed by atoms with van der Waals surface area (Å²) in [5.74, 6) is 0.644.